The number of carbonyl (C=O) groups is 1. The molecular formula is C9H17N3O. The van der Waals surface area contributed by atoms with Gasteiger partial charge in [-0.2, -0.15) is 0 Å². The highest BCUT2D eigenvalue weighted by Crippen LogP contribution is 2.30. The van der Waals surface area contributed by atoms with Crippen molar-refractivity contribution in [3.05, 3.63) is 0 Å². The van der Waals surface area contributed by atoms with Crippen molar-refractivity contribution < 1.29 is 4.79 Å². The van der Waals surface area contributed by atoms with Gasteiger partial charge in [0.25, 0.3) is 0 Å². The molecule has 74 valence electrons. The SMILES string of the molecule is C[C@@H](N)C(=O)N1CC[C@]2(CCN2)C1. The number of nitrogens with two attached hydrogens (primary N) is 1. The number of rotatable bonds is 1. The smallest absolute Gasteiger partial charge is 0.239 e. The van der Waals surface area contributed by atoms with Gasteiger partial charge >= 0.3 is 0 Å². The molecule has 0 aliphatic carbocycles. The molecule has 0 unspecified atom stereocenters. The van der Waals surface area contributed by atoms with E-state index in [1.54, 1.807) is 6.92 Å². The van der Waals surface area contributed by atoms with Crippen LogP contribution in [0.2, 0.25) is 0 Å². The van der Waals surface area contributed by atoms with E-state index in [4.69, 9.17) is 5.73 Å². The van der Waals surface area contributed by atoms with Gasteiger partial charge in [-0.05, 0) is 26.3 Å². The van der Waals surface area contributed by atoms with Crippen molar-refractivity contribution in [2.75, 3.05) is 19.6 Å². The molecule has 0 bridgehead atoms. The fourth-order valence-corrected chi connectivity index (χ4v) is 2.18. The summed E-state index contributed by atoms with van der Waals surface area (Å²) in [6.45, 7) is 4.57. The van der Waals surface area contributed by atoms with Gasteiger partial charge in [-0.3, -0.25) is 4.79 Å². The molecule has 2 atom stereocenters. The van der Waals surface area contributed by atoms with Crippen LogP contribution < -0.4 is 11.1 Å². The van der Waals surface area contributed by atoms with Crippen molar-refractivity contribution >= 4 is 5.91 Å². The van der Waals surface area contributed by atoms with Crippen LogP contribution in [0.15, 0.2) is 0 Å². The Morgan fingerprint density at radius 1 is 1.62 bits per heavy atom. The van der Waals surface area contributed by atoms with E-state index in [0.717, 1.165) is 26.1 Å². The summed E-state index contributed by atoms with van der Waals surface area (Å²) in [5.41, 5.74) is 5.81. The average Bonchev–Trinajstić information content (AvgIpc) is 2.45. The van der Waals surface area contributed by atoms with Crippen molar-refractivity contribution in [3.63, 3.8) is 0 Å². The minimum absolute atomic E-state index is 0.0885. The molecule has 2 heterocycles. The minimum Gasteiger partial charge on any atom is -0.339 e. The lowest BCUT2D eigenvalue weighted by molar-refractivity contribution is -0.131. The monoisotopic (exact) mass is 183 g/mol. The Kier molecular flexibility index (Phi) is 2.04. The Bertz CT molecular complexity index is 223. The van der Waals surface area contributed by atoms with E-state index < -0.39 is 0 Å². The van der Waals surface area contributed by atoms with Gasteiger partial charge in [-0.15, -0.1) is 0 Å². The standard InChI is InChI=1S/C9H17N3O/c1-7(10)8(13)12-5-3-9(6-12)2-4-11-9/h7,11H,2-6,10H2,1H3/t7-,9-/m1/s1. The lowest BCUT2D eigenvalue weighted by Crippen LogP contribution is -2.59. The molecule has 0 aromatic rings. The van der Waals surface area contributed by atoms with Crippen LogP contribution >= 0.6 is 0 Å². The van der Waals surface area contributed by atoms with E-state index in [1.807, 2.05) is 4.90 Å². The molecule has 2 aliphatic rings. The van der Waals surface area contributed by atoms with Gasteiger partial charge in [0.1, 0.15) is 0 Å². The summed E-state index contributed by atoms with van der Waals surface area (Å²) in [7, 11) is 0. The lowest BCUT2D eigenvalue weighted by Gasteiger charge is -2.39. The first-order valence-corrected chi connectivity index (χ1v) is 4.92. The molecule has 4 heteroatoms. The molecular weight excluding hydrogens is 166 g/mol. The van der Waals surface area contributed by atoms with E-state index in [9.17, 15) is 4.79 Å². The van der Waals surface area contributed by atoms with Gasteiger partial charge in [0, 0.05) is 18.6 Å². The summed E-state index contributed by atoms with van der Waals surface area (Å²) in [6.07, 6.45) is 2.29. The molecule has 0 radical (unpaired) electrons. The molecule has 3 N–H and O–H groups in total. The van der Waals surface area contributed by atoms with E-state index in [2.05, 4.69) is 5.32 Å². The lowest BCUT2D eigenvalue weighted by atomic mass is 9.87. The largest absolute Gasteiger partial charge is 0.339 e. The number of amides is 1. The van der Waals surface area contributed by atoms with Gasteiger partial charge < -0.3 is 16.0 Å². The molecule has 1 amide bonds. The third kappa shape index (κ3) is 1.44. The molecule has 0 saturated carbocycles. The summed E-state index contributed by atoms with van der Waals surface area (Å²) in [5.74, 6) is 0.0885. The molecule has 2 saturated heterocycles. The Morgan fingerprint density at radius 2 is 2.31 bits per heavy atom. The summed E-state index contributed by atoms with van der Waals surface area (Å²) in [5, 5.41) is 3.41. The number of hydrogen-bond acceptors (Lipinski definition) is 3. The van der Waals surface area contributed by atoms with Crippen molar-refractivity contribution in [1.82, 2.24) is 10.2 Å². The molecule has 13 heavy (non-hydrogen) atoms. The molecule has 1 spiro atoms. The molecule has 4 nitrogen and oxygen atoms in total. The molecule has 2 aliphatic heterocycles. The Balaban J connectivity index is 1.94. The fourth-order valence-electron chi connectivity index (χ4n) is 2.18. The van der Waals surface area contributed by atoms with Gasteiger partial charge in [-0.1, -0.05) is 0 Å². The number of hydrogen-bond donors (Lipinski definition) is 2. The first kappa shape index (κ1) is 8.97. The van der Waals surface area contributed by atoms with Crippen LogP contribution in [0.3, 0.4) is 0 Å². The van der Waals surface area contributed by atoms with Crippen LogP contribution in [0.4, 0.5) is 0 Å². The quantitative estimate of drug-likeness (QED) is 0.565. The molecule has 2 fully saturated rings. The first-order chi connectivity index (χ1) is 6.13. The second kappa shape index (κ2) is 2.96. The third-order valence-electron chi connectivity index (χ3n) is 3.16. The van der Waals surface area contributed by atoms with Crippen LogP contribution in [-0.4, -0.2) is 42.0 Å². The topological polar surface area (TPSA) is 58.4 Å². The zero-order chi connectivity index (χ0) is 9.47. The van der Waals surface area contributed by atoms with Crippen LogP contribution in [-0.2, 0) is 4.79 Å². The Morgan fingerprint density at radius 3 is 2.69 bits per heavy atom. The zero-order valence-corrected chi connectivity index (χ0v) is 8.05. The summed E-state index contributed by atoms with van der Waals surface area (Å²) in [4.78, 5) is 13.4. The van der Waals surface area contributed by atoms with Crippen molar-refractivity contribution in [2.45, 2.75) is 31.3 Å². The molecule has 0 aromatic heterocycles. The highest BCUT2D eigenvalue weighted by molar-refractivity contribution is 5.81. The van der Waals surface area contributed by atoms with Crippen LogP contribution in [0, 0.1) is 0 Å². The van der Waals surface area contributed by atoms with Crippen molar-refractivity contribution in [3.8, 4) is 0 Å². The van der Waals surface area contributed by atoms with E-state index in [1.165, 1.54) is 6.42 Å². The molecule has 2 rings (SSSR count). The highest BCUT2D eigenvalue weighted by atomic mass is 16.2. The maximum atomic E-state index is 11.5. The number of carbonyl (C=O) groups excluding carboxylic acids is 1. The van der Waals surface area contributed by atoms with Crippen LogP contribution in [0.1, 0.15) is 19.8 Å². The average molecular weight is 183 g/mol. The van der Waals surface area contributed by atoms with Crippen LogP contribution in [0.5, 0.6) is 0 Å². The highest BCUT2D eigenvalue weighted by Gasteiger charge is 2.44. The molecule has 0 aromatic carbocycles. The van der Waals surface area contributed by atoms with Crippen LogP contribution in [0.25, 0.3) is 0 Å². The van der Waals surface area contributed by atoms with E-state index in [0.29, 0.717) is 0 Å². The maximum absolute atomic E-state index is 11.5. The van der Waals surface area contributed by atoms with Gasteiger partial charge in [0.15, 0.2) is 0 Å². The van der Waals surface area contributed by atoms with E-state index >= 15 is 0 Å². The third-order valence-corrected chi connectivity index (χ3v) is 3.16. The Hall–Kier alpha value is -0.610. The van der Waals surface area contributed by atoms with E-state index in [-0.39, 0.29) is 17.5 Å². The van der Waals surface area contributed by atoms with Gasteiger partial charge in [0.05, 0.1) is 6.04 Å². The zero-order valence-electron chi connectivity index (χ0n) is 8.05. The minimum atomic E-state index is -0.352. The van der Waals surface area contributed by atoms with Crippen molar-refractivity contribution in [2.24, 2.45) is 5.73 Å². The predicted molar refractivity (Wildman–Crippen MR) is 50.2 cm³/mol. The summed E-state index contributed by atoms with van der Waals surface area (Å²) >= 11 is 0. The second-order valence-electron chi connectivity index (χ2n) is 4.26. The summed E-state index contributed by atoms with van der Waals surface area (Å²) < 4.78 is 0. The van der Waals surface area contributed by atoms with Crippen molar-refractivity contribution in [1.29, 1.82) is 0 Å². The van der Waals surface area contributed by atoms with Gasteiger partial charge in [-0.25, -0.2) is 0 Å². The number of nitrogens with zero attached hydrogens (tertiary/aromatic N) is 1. The summed E-state index contributed by atoms with van der Waals surface area (Å²) in [6, 6.07) is -0.352. The predicted octanol–water partition coefficient (Wildman–Crippen LogP) is -0.702. The second-order valence-corrected chi connectivity index (χ2v) is 4.26. The number of likely N-dealkylation sites (tertiary alicyclic amines) is 1. The first-order valence-electron chi connectivity index (χ1n) is 4.92. The normalized spacial score (nSPS) is 34.8. The fraction of sp³-hybridized carbons (Fsp3) is 0.889. The Labute approximate surface area is 78.5 Å². The maximum Gasteiger partial charge on any atom is 0.239 e. The number of nitrogens with one attached hydrogen (secondary N) is 1. The van der Waals surface area contributed by atoms with Gasteiger partial charge in [0.2, 0.25) is 5.91 Å².